The summed E-state index contributed by atoms with van der Waals surface area (Å²) in [6.45, 7) is 0. The summed E-state index contributed by atoms with van der Waals surface area (Å²) in [5.74, 6) is 0. The van der Waals surface area contributed by atoms with Crippen LogP contribution in [0.4, 0.5) is 17.1 Å². The van der Waals surface area contributed by atoms with Crippen LogP contribution in [0.2, 0.25) is 0 Å². The highest BCUT2D eigenvalue weighted by atomic mass is 32.1. The minimum absolute atomic E-state index is 1.10. The maximum absolute atomic E-state index is 2.43. The fraction of sp³-hybridized carbons (Fsp3) is 0. The van der Waals surface area contributed by atoms with Gasteiger partial charge >= 0.3 is 0 Å². The summed E-state index contributed by atoms with van der Waals surface area (Å²) < 4.78 is 5.07. The smallest absolute Gasteiger partial charge is 0.0619 e. The molecule has 0 aliphatic heterocycles. The lowest BCUT2D eigenvalue weighted by molar-refractivity contribution is 1.18. The molecule has 9 aromatic carbocycles. The first kappa shape index (κ1) is 31.6. The normalized spacial score (nSPS) is 11.6. The fourth-order valence-corrected chi connectivity index (χ4v) is 9.57. The summed E-state index contributed by atoms with van der Waals surface area (Å²) in [6, 6.07) is 75.1. The van der Waals surface area contributed by atoms with Crippen LogP contribution in [-0.2, 0) is 0 Å². The topological polar surface area (TPSA) is 8.17 Å². The van der Waals surface area contributed by atoms with Crippen LogP contribution >= 0.6 is 11.3 Å². The Hall–Kier alpha value is -6.94. The number of rotatable bonds is 6. The third-order valence-corrected chi connectivity index (χ3v) is 12.1. The number of nitrogens with zero attached hydrogens (tertiary/aromatic N) is 2. The Morgan fingerprint density at radius 3 is 1.71 bits per heavy atom. The van der Waals surface area contributed by atoms with E-state index in [-0.39, 0.29) is 0 Å². The van der Waals surface area contributed by atoms with Gasteiger partial charge in [-0.15, -0.1) is 11.3 Å². The molecule has 0 fully saturated rings. The van der Waals surface area contributed by atoms with Gasteiger partial charge in [0.2, 0.25) is 0 Å². The molecule has 0 saturated heterocycles. The molecule has 0 radical (unpaired) electrons. The Morgan fingerprint density at radius 1 is 0.364 bits per heavy atom. The van der Waals surface area contributed by atoms with E-state index in [1.165, 1.54) is 75.0 Å². The predicted molar refractivity (Wildman–Crippen MR) is 237 cm³/mol. The molecule has 0 N–H and O–H groups in total. The van der Waals surface area contributed by atoms with Crippen molar-refractivity contribution in [2.75, 3.05) is 4.90 Å². The van der Waals surface area contributed by atoms with Gasteiger partial charge in [-0.25, -0.2) is 0 Å². The number of fused-ring (bicyclic) bond motifs is 8. The monoisotopic (exact) mass is 718 g/mol. The molecule has 0 amide bonds. The number of benzene rings is 9. The van der Waals surface area contributed by atoms with Crippen molar-refractivity contribution < 1.29 is 0 Å². The molecule has 0 atom stereocenters. The summed E-state index contributed by atoms with van der Waals surface area (Å²) in [7, 11) is 0. The van der Waals surface area contributed by atoms with Crippen molar-refractivity contribution in [2.45, 2.75) is 0 Å². The van der Waals surface area contributed by atoms with E-state index in [2.05, 4.69) is 216 Å². The van der Waals surface area contributed by atoms with Gasteiger partial charge in [0.05, 0.1) is 11.0 Å². The van der Waals surface area contributed by atoms with Gasteiger partial charge in [-0.05, 0) is 94.4 Å². The third kappa shape index (κ3) is 5.24. The zero-order valence-corrected chi connectivity index (χ0v) is 30.7. The van der Waals surface area contributed by atoms with Crippen molar-refractivity contribution in [3.63, 3.8) is 0 Å². The maximum Gasteiger partial charge on any atom is 0.0619 e. The molecule has 11 aromatic rings. The lowest BCUT2D eigenvalue weighted by Gasteiger charge is -2.26. The van der Waals surface area contributed by atoms with Crippen LogP contribution < -0.4 is 4.90 Å². The van der Waals surface area contributed by atoms with E-state index < -0.39 is 0 Å². The Bertz CT molecular complexity index is 3170. The second-order valence-electron chi connectivity index (χ2n) is 14.1. The quantitative estimate of drug-likeness (QED) is 0.166. The van der Waals surface area contributed by atoms with Gasteiger partial charge < -0.3 is 9.47 Å². The van der Waals surface area contributed by atoms with Gasteiger partial charge in [-0.2, -0.15) is 0 Å². The Kier molecular flexibility index (Phi) is 7.39. The first-order chi connectivity index (χ1) is 27.3. The van der Waals surface area contributed by atoms with E-state index in [1.54, 1.807) is 0 Å². The van der Waals surface area contributed by atoms with Crippen LogP contribution in [0.1, 0.15) is 0 Å². The van der Waals surface area contributed by atoms with Crippen molar-refractivity contribution in [1.29, 1.82) is 0 Å². The Labute approximate surface area is 323 Å². The number of aromatic nitrogens is 1. The largest absolute Gasteiger partial charge is 0.311 e. The van der Waals surface area contributed by atoms with Crippen LogP contribution in [0.5, 0.6) is 0 Å². The molecule has 2 nitrogen and oxygen atoms in total. The van der Waals surface area contributed by atoms with E-state index >= 15 is 0 Å². The molecular weight excluding hydrogens is 685 g/mol. The summed E-state index contributed by atoms with van der Waals surface area (Å²) in [5.41, 5.74) is 11.8. The third-order valence-electron chi connectivity index (χ3n) is 11.0. The predicted octanol–water partition coefficient (Wildman–Crippen LogP) is 15.1. The average molecular weight is 719 g/mol. The highest BCUT2D eigenvalue weighted by molar-refractivity contribution is 7.25. The first-order valence-corrected chi connectivity index (χ1v) is 19.6. The summed E-state index contributed by atoms with van der Waals surface area (Å²) in [5, 5.41) is 7.68. The minimum Gasteiger partial charge on any atom is -0.311 e. The number of hydrogen-bond donors (Lipinski definition) is 0. The van der Waals surface area contributed by atoms with Crippen LogP contribution in [-0.4, -0.2) is 4.57 Å². The van der Waals surface area contributed by atoms with Crippen molar-refractivity contribution in [3.05, 3.63) is 206 Å². The first-order valence-electron chi connectivity index (χ1n) is 18.8. The Morgan fingerprint density at radius 2 is 0.945 bits per heavy atom. The molecule has 0 aliphatic carbocycles. The van der Waals surface area contributed by atoms with Crippen LogP contribution in [0.25, 0.3) is 80.7 Å². The summed E-state index contributed by atoms with van der Waals surface area (Å²) in [4.78, 5) is 2.37. The van der Waals surface area contributed by atoms with Crippen molar-refractivity contribution in [2.24, 2.45) is 0 Å². The van der Waals surface area contributed by atoms with Gasteiger partial charge in [0.1, 0.15) is 0 Å². The van der Waals surface area contributed by atoms with Gasteiger partial charge in [-0.1, -0.05) is 140 Å². The van der Waals surface area contributed by atoms with Crippen molar-refractivity contribution in [3.8, 4) is 27.9 Å². The minimum atomic E-state index is 1.10. The van der Waals surface area contributed by atoms with E-state index in [1.807, 2.05) is 11.3 Å². The molecule has 55 heavy (non-hydrogen) atoms. The number of hydrogen-bond acceptors (Lipinski definition) is 2. The molecule has 0 saturated carbocycles. The molecule has 0 bridgehead atoms. The summed E-state index contributed by atoms with van der Waals surface area (Å²) >= 11 is 1.86. The highest BCUT2D eigenvalue weighted by Gasteiger charge is 2.18. The molecule has 3 heteroatoms. The van der Waals surface area contributed by atoms with E-state index in [9.17, 15) is 0 Å². The molecule has 0 spiro atoms. The number of thiophene rings is 1. The summed E-state index contributed by atoms with van der Waals surface area (Å²) in [6.07, 6.45) is 0. The van der Waals surface area contributed by atoms with Crippen LogP contribution in [0.3, 0.4) is 0 Å². The molecular formula is C52H34N2S. The zero-order chi connectivity index (χ0) is 36.3. The van der Waals surface area contributed by atoms with Gasteiger partial charge in [-0.3, -0.25) is 0 Å². The van der Waals surface area contributed by atoms with E-state index in [4.69, 9.17) is 0 Å². The molecule has 2 heterocycles. The molecule has 11 rings (SSSR count). The SMILES string of the molecule is c1ccc(-c2ccc(N(c3ccc(-c4cccc5sc6ccccc6c45)cc3)c3ccc(-n4c5ccccc5c5ccc6ccccc6c54)cc3)cc2)cc1. The molecule has 0 unspecified atom stereocenters. The van der Waals surface area contributed by atoms with Crippen molar-refractivity contribution >= 4 is 81.1 Å². The van der Waals surface area contributed by atoms with Gasteiger partial charge in [0, 0.05) is 59.1 Å². The lowest BCUT2D eigenvalue weighted by Crippen LogP contribution is -2.10. The second kappa shape index (κ2) is 12.9. The van der Waals surface area contributed by atoms with Crippen molar-refractivity contribution in [1.82, 2.24) is 4.57 Å². The number of anilines is 3. The fourth-order valence-electron chi connectivity index (χ4n) is 8.44. The highest BCUT2D eigenvalue weighted by Crippen LogP contribution is 2.43. The average Bonchev–Trinajstić information content (AvgIpc) is 3.81. The maximum atomic E-state index is 2.43. The van der Waals surface area contributed by atoms with Crippen LogP contribution in [0, 0.1) is 0 Å². The van der Waals surface area contributed by atoms with E-state index in [0.29, 0.717) is 0 Å². The lowest BCUT2D eigenvalue weighted by atomic mass is 9.99. The second-order valence-corrected chi connectivity index (χ2v) is 15.2. The number of para-hydroxylation sites is 1. The van der Waals surface area contributed by atoms with Gasteiger partial charge in [0.15, 0.2) is 0 Å². The molecule has 0 aliphatic rings. The molecule has 258 valence electrons. The standard InChI is InChI=1S/C52H34N2S/c1-2-11-35(12-3-1)36-21-26-39(27-22-36)53(40-28-23-38(24-29-40)43-17-10-20-50-51(43)47-16-7-9-19-49(47)55-50)41-30-32-42(33-31-41)54-48-18-8-6-15-45(48)46-34-25-37-13-4-5-14-44(37)52(46)54/h1-34H. The van der Waals surface area contributed by atoms with Gasteiger partial charge in [0.25, 0.3) is 0 Å². The van der Waals surface area contributed by atoms with E-state index in [0.717, 1.165) is 22.7 Å². The Balaban J connectivity index is 1.04. The molecule has 2 aromatic heterocycles. The van der Waals surface area contributed by atoms with Crippen LogP contribution in [0.15, 0.2) is 206 Å². The zero-order valence-electron chi connectivity index (χ0n) is 29.9.